The van der Waals surface area contributed by atoms with E-state index in [0.717, 1.165) is 10.0 Å². The minimum atomic E-state index is -0.656. The molecule has 1 N–H and O–H groups in total. The molecule has 0 aromatic heterocycles. The molecule has 1 aliphatic heterocycles. The Labute approximate surface area is 134 Å². The van der Waals surface area contributed by atoms with E-state index in [1.807, 2.05) is 26.0 Å². The number of benzene rings is 1. The molecular weight excluding hydrogens is 336 g/mol. The zero-order valence-corrected chi connectivity index (χ0v) is 14.7. The van der Waals surface area contributed by atoms with Crippen LogP contribution in [0.1, 0.15) is 32.4 Å². The van der Waals surface area contributed by atoms with Crippen molar-refractivity contribution in [2.45, 2.75) is 39.1 Å². The van der Waals surface area contributed by atoms with Crippen molar-refractivity contribution in [2.24, 2.45) is 11.8 Å². The van der Waals surface area contributed by atoms with E-state index in [9.17, 15) is 5.11 Å². The quantitative estimate of drug-likeness (QED) is 0.893. The average molecular weight is 359 g/mol. The second-order valence-electron chi connectivity index (χ2n) is 5.66. The molecule has 1 aromatic carbocycles. The first kappa shape index (κ1) is 16.6. The van der Waals surface area contributed by atoms with Crippen molar-refractivity contribution in [1.29, 1.82) is 0 Å². The Bertz CT molecular complexity index is 505. The maximum Gasteiger partial charge on any atom is 0.133 e. The molecule has 5 unspecified atom stereocenters. The summed E-state index contributed by atoms with van der Waals surface area (Å²) in [7, 11) is 3.21. The van der Waals surface area contributed by atoms with E-state index >= 15 is 0 Å². The van der Waals surface area contributed by atoms with Gasteiger partial charge in [-0.25, -0.2) is 0 Å². The smallest absolute Gasteiger partial charge is 0.133 e. The Morgan fingerprint density at radius 3 is 2.19 bits per heavy atom. The third-order valence-electron chi connectivity index (χ3n) is 4.51. The first-order valence-corrected chi connectivity index (χ1v) is 7.95. The molecule has 0 amide bonds. The van der Waals surface area contributed by atoms with Gasteiger partial charge in [0.15, 0.2) is 0 Å². The lowest BCUT2D eigenvalue weighted by molar-refractivity contribution is 0.0223. The van der Waals surface area contributed by atoms with Gasteiger partial charge in [0.05, 0.1) is 37.0 Å². The number of rotatable bonds is 4. The van der Waals surface area contributed by atoms with Gasteiger partial charge in [-0.05, 0) is 47.8 Å². The maximum atomic E-state index is 10.9. The van der Waals surface area contributed by atoms with Gasteiger partial charge in [-0.15, -0.1) is 0 Å². The van der Waals surface area contributed by atoms with E-state index in [-0.39, 0.29) is 24.0 Å². The average Bonchev–Trinajstić information content (AvgIpc) is 2.71. The summed E-state index contributed by atoms with van der Waals surface area (Å²) in [5.74, 6) is 1.63. The van der Waals surface area contributed by atoms with E-state index in [1.54, 1.807) is 14.2 Å². The lowest BCUT2D eigenvalue weighted by Gasteiger charge is -2.26. The van der Waals surface area contributed by atoms with Crippen molar-refractivity contribution in [3.05, 3.63) is 22.2 Å². The van der Waals surface area contributed by atoms with E-state index in [4.69, 9.17) is 14.2 Å². The van der Waals surface area contributed by atoms with Crippen LogP contribution in [-0.2, 0) is 4.74 Å². The normalized spacial score (nSPS) is 30.2. The van der Waals surface area contributed by atoms with E-state index in [0.29, 0.717) is 11.5 Å². The highest BCUT2D eigenvalue weighted by Gasteiger charge is 2.42. The van der Waals surface area contributed by atoms with Gasteiger partial charge in [-0.1, -0.05) is 6.92 Å². The van der Waals surface area contributed by atoms with Gasteiger partial charge in [0.25, 0.3) is 0 Å². The maximum absolute atomic E-state index is 10.9. The van der Waals surface area contributed by atoms with Crippen LogP contribution in [0.15, 0.2) is 16.6 Å². The van der Waals surface area contributed by atoms with Crippen LogP contribution in [0.2, 0.25) is 0 Å². The topological polar surface area (TPSA) is 47.9 Å². The second kappa shape index (κ2) is 6.55. The van der Waals surface area contributed by atoms with Gasteiger partial charge in [0, 0.05) is 11.5 Å². The Hall–Kier alpha value is -0.780. The molecule has 5 atom stereocenters. The van der Waals surface area contributed by atoms with E-state index < -0.39 is 6.10 Å². The number of aliphatic hydroxyl groups excluding tert-OH is 1. The molecule has 0 saturated carbocycles. The zero-order valence-electron chi connectivity index (χ0n) is 13.1. The first-order valence-electron chi connectivity index (χ1n) is 7.15. The third kappa shape index (κ3) is 3.05. The monoisotopic (exact) mass is 358 g/mol. The molecule has 0 spiro atoms. The fourth-order valence-electron chi connectivity index (χ4n) is 3.16. The number of aliphatic hydroxyl groups is 1. The second-order valence-corrected chi connectivity index (χ2v) is 6.51. The summed E-state index contributed by atoms with van der Waals surface area (Å²) < 4.78 is 17.4. The van der Waals surface area contributed by atoms with Crippen molar-refractivity contribution in [2.75, 3.05) is 14.2 Å². The third-order valence-corrected chi connectivity index (χ3v) is 5.13. The SMILES string of the molecule is COc1cc(C(O)C2C(C)OC(C)C2C)c(OC)cc1Br. The number of hydrogen-bond acceptors (Lipinski definition) is 4. The lowest BCUT2D eigenvalue weighted by Crippen LogP contribution is -2.25. The summed E-state index contributed by atoms with van der Waals surface area (Å²) in [6.45, 7) is 6.17. The highest BCUT2D eigenvalue weighted by molar-refractivity contribution is 9.10. The summed E-state index contributed by atoms with van der Waals surface area (Å²) in [5, 5.41) is 10.9. The van der Waals surface area contributed by atoms with Crippen LogP contribution >= 0.6 is 15.9 Å². The van der Waals surface area contributed by atoms with Crippen LogP contribution in [0, 0.1) is 11.8 Å². The van der Waals surface area contributed by atoms with Crippen LogP contribution in [0.4, 0.5) is 0 Å². The minimum absolute atomic E-state index is 0.00403. The summed E-state index contributed by atoms with van der Waals surface area (Å²) in [5.41, 5.74) is 0.735. The highest BCUT2D eigenvalue weighted by Crippen LogP contribution is 2.44. The van der Waals surface area contributed by atoms with Crippen LogP contribution in [0.3, 0.4) is 0 Å². The summed E-state index contributed by atoms with van der Waals surface area (Å²) in [6.07, 6.45) is -0.510. The Morgan fingerprint density at radius 2 is 1.71 bits per heavy atom. The predicted molar refractivity (Wildman–Crippen MR) is 84.9 cm³/mol. The summed E-state index contributed by atoms with van der Waals surface area (Å²) in [4.78, 5) is 0. The molecule has 0 aliphatic carbocycles. The summed E-state index contributed by atoms with van der Waals surface area (Å²) in [6, 6.07) is 3.65. The van der Waals surface area contributed by atoms with Crippen molar-refractivity contribution in [3.8, 4) is 11.5 Å². The van der Waals surface area contributed by atoms with Gasteiger partial charge in [-0.2, -0.15) is 0 Å². The Morgan fingerprint density at radius 1 is 1.10 bits per heavy atom. The van der Waals surface area contributed by atoms with Gasteiger partial charge >= 0.3 is 0 Å². The molecule has 0 bridgehead atoms. The van der Waals surface area contributed by atoms with Gasteiger partial charge in [0.1, 0.15) is 11.5 Å². The fraction of sp³-hybridized carbons (Fsp3) is 0.625. The van der Waals surface area contributed by atoms with Crippen LogP contribution in [0.5, 0.6) is 11.5 Å². The van der Waals surface area contributed by atoms with E-state index in [2.05, 4.69) is 22.9 Å². The van der Waals surface area contributed by atoms with Crippen molar-refractivity contribution < 1.29 is 19.3 Å². The largest absolute Gasteiger partial charge is 0.496 e. The van der Waals surface area contributed by atoms with Gasteiger partial charge in [-0.3, -0.25) is 0 Å². The van der Waals surface area contributed by atoms with Crippen molar-refractivity contribution in [3.63, 3.8) is 0 Å². The lowest BCUT2D eigenvalue weighted by atomic mass is 9.82. The standard InChI is InChI=1S/C16H23BrO4/c1-8-9(2)21-10(3)15(8)16(18)11-6-14(20-5)12(17)7-13(11)19-4/h6-10,15-16,18H,1-5H3. The molecule has 2 rings (SSSR count). The van der Waals surface area contributed by atoms with Crippen LogP contribution < -0.4 is 9.47 Å². The molecule has 1 aromatic rings. The Balaban J connectivity index is 2.40. The van der Waals surface area contributed by atoms with Crippen molar-refractivity contribution >= 4 is 15.9 Å². The molecule has 1 aliphatic rings. The van der Waals surface area contributed by atoms with Crippen LogP contribution in [0.25, 0.3) is 0 Å². The van der Waals surface area contributed by atoms with E-state index in [1.165, 1.54) is 0 Å². The number of hydrogen-bond donors (Lipinski definition) is 1. The molecule has 21 heavy (non-hydrogen) atoms. The van der Waals surface area contributed by atoms with Crippen molar-refractivity contribution in [1.82, 2.24) is 0 Å². The molecule has 0 radical (unpaired) electrons. The van der Waals surface area contributed by atoms with Gasteiger partial charge in [0.2, 0.25) is 0 Å². The Kier molecular flexibility index (Phi) is 5.17. The minimum Gasteiger partial charge on any atom is -0.496 e. The molecule has 1 saturated heterocycles. The van der Waals surface area contributed by atoms with Gasteiger partial charge < -0.3 is 19.3 Å². The number of methoxy groups -OCH3 is 2. The fourth-order valence-corrected chi connectivity index (χ4v) is 3.64. The zero-order chi connectivity index (χ0) is 15.7. The predicted octanol–water partition coefficient (Wildman–Crippen LogP) is 3.56. The molecule has 1 heterocycles. The molecule has 1 fully saturated rings. The molecular formula is C16H23BrO4. The molecule has 4 nitrogen and oxygen atoms in total. The molecule has 5 heteroatoms. The highest BCUT2D eigenvalue weighted by atomic mass is 79.9. The first-order chi connectivity index (χ1) is 9.90. The van der Waals surface area contributed by atoms with Crippen LogP contribution in [-0.4, -0.2) is 31.5 Å². The summed E-state index contributed by atoms with van der Waals surface area (Å²) >= 11 is 3.44. The number of halogens is 1. The molecule has 118 valence electrons. The number of ether oxygens (including phenoxy) is 3.